The SMILES string of the molecule is CCC(CC)c1c(C(=O)O)ccn1CCN(CC)CC. The summed E-state index contributed by atoms with van der Waals surface area (Å²) in [5.74, 6) is -0.485. The summed E-state index contributed by atoms with van der Waals surface area (Å²) in [5.41, 5.74) is 1.47. The van der Waals surface area contributed by atoms with Crippen molar-refractivity contribution in [2.45, 2.75) is 53.0 Å². The first-order valence-electron chi connectivity index (χ1n) is 7.73. The minimum absolute atomic E-state index is 0.327. The second-order valence-electron chi connectivity index (χ2n) is 5.15. The van der Waals surface area contributed by atoms with E-state index in [9.17, 15) is 9.90 Å². The molecule has 0 unspecified atom stereocenters. The van der Waals surface area contributed by atoms with Crippen LogP contribution in [-0.2, 0) is 6.54 Å². The molecule has 4 heteroatoms. The zero-order valence-corrected chi connectivity index (χ0v) is 13.2. The Labute approximate surface area is 122 Å². The Bertz CT molecular complexity index is 418. The summed E-state index contributed by atoms with van der Waals surface area (Å²) < 4.78 is 2.14. The van der Waals surface area contributed by atoms with Crippen LogP contribution in [0.3, 0.4) is 0 Å². The van der Waals surface area contributed by atoms with Crippen molar-refractivity contribution in [3.05, 3.63) is 23.5 Å². The summed E-state index contributed by atoms with van der Waals surface area (Å²) >= 11 is 0. The lowest BCUT2D eigenvalue weighted by Gasteiger charge is -2.22. The molecule has 0 saturated carbocycles. The minimum Gasteiger partial charge on any atom is -0.478 e. The average molecular weight is 280 g/mol. The Kier molecular flexibility index (Phi) is 6.79. The highest BCUT2D eigenvalue weighted by Gasteiger charge is 2.21. The first-order valence-corrected chi connectivity index (χ1v) is 7.73. The molecule has 20 heavy (non-hydrogen) atoms. The van der Waals surface area contributed by atoms with Crippen molar-refractivity contribution in [1.29, 1.82) is 0 Å². The molecule has 0 aliphatic heterocycles. The molecular formula is C16H28N2O2. The van der Waals surface area contributed by atoms with E-state index in [0.29, 0.717) is 11.5 Å². The first-order chi connectivity index (χ1) is 9.58. The Morgan fingerprint density at radius 3 is 2.30 bits per heavy atom. The van der Waals surface area contributed by atoms with Gasteiger partial charge in [0.1, 0.15) is 0 Å². The normalized spacial score (nSPS) is 11.5. The fourth-order valence-corrected chi connectivity index (χ4v) is 2.78. The van der Waals surface area contributed by atoms with E-state index in [1.54, 1.807) is 6.07 Å². The first kappa shape index (κ1) is 16.8. The van der Waals surface area contributed by atoms with Crippen LogP contribution in [0.1, 0.15) is 62.5 Å². The van der Waals surface area contributed by atoms with E-state index in [1.807, 2.05) is 6.20 Å². The predicted molar refractivity (Wildman–Crippen MR) is 82.5 cm³/mol. The van der Waals surface area contributed by atoms with Gasteiger partial charge in [0.25, 0.3) is 0 Å². The van der Waals surface area contributed by atoms with Crippen molar-refractivity contribution in [1.82, 2.24) is 9.47 Å². The van der Waals surface area contributed by atoms with Gasteiger partial charge in [-0.3, -0.25) is 0 Å². The second kappa shape index (κ2) is 8.10. The van der Waals surface area contributed by atoms with Crippen LogP contribution in [-0.4, -0.2) is 40.2 Å². The fraction of sp³-hybridized carbons (Fsp3) is 0.688. The number of likely N-dealkylation sites (N-methyl/N-ethyl adjacent to an activating group) is 1. The molecule has 1 aromatic heterocycles. The zero-order chi connectivity index (χ0) is 15.1. The van der Waals surface area contributed by atoms with Crippen LogP contribution in [0.5, 0.6) is 0 Å². The van der Waals surface area contributed by atoms with Crippen molar-refractivity contribution in [2.24, 2.45) is 0 Å². The summed E-state index contributed by atoms with van der Waals surface area (Å²) in [6.07, 6.45) is 3.89. The molecule has 0 bridgehead atoms. The molecule has 0 amide bonds. The third-order valence-corrected chi connectivity index (χ3v) is 4.16. The van der Waals surface area contributed by atoms with Crippen molar-refractivity contribution in [3.8, 4) is 0 Å². The van der Waals surface area contributed by atoms with E-state index in [0.717, 1.165) is 44.7 Å². The van der Waals surface area contributed by atoms with Crippen LogP contribution >= 0.6 is 0 Å². The quantitative estimate of drug-likeness (QED) is 0.753. The smallest absolute Gasteiger partial charge is 0.337 e. The predicted octanol–water partition coefficient (Wildman–Crippen LogP) is 3.43. The van der Waals surface area contributed by atoms with Crippen LogP contribution in [0.25, 0.3) is 0 Å². The van der Waals surface area contributed by atoms with Gasteiger partial charge in [-0.2, -0.15) is 0 Å². The van der Waals surface area contributed by atoms with E-state index >= 15 is 0 Å². The third kappa shape index (κ3) is 3.85. The number of hydrogen-bond donors (Lipinski definition) is 1. The molecule has 0 radical (unpaired) electrons. The molecule has 0 spiro atoms. The maximum absolute atomic E-state index is 11.4. The molecule has 0 aromatic carbocycles. The molecule has 1 aromatic rings. The summed E-state index contributed by atoms with van der Waals surface area (Å²) in [6, 6.07) is 1.75. The topological polar surface area (TPSA) is 45.5 Å². The molecule has 0 saturated heterocycles. The minimum atomic E-state index is -0.812. The van der Waals surface area contributed by atoms with Gasteiger partial charge in [-0.15, -0.1) is 0 Å². The largest absolute Gasteiger partial charge is 0.478 e. The van der Waals surface area contributed by atoms with Crippen LogP contribution in [0.2, 0.25) is 0 Å². The highest BCUT2D eigenvalue weighted by molar-refractivity contribution is 5.89. The van der Waals surface area contributed by atoms with E-state index in [4.69, 9.17) is 0 Å². The number of carboxylic acid groups (broad SMARTS) is 1. The lowest BCUT2D eigenvalue weighted by atomic mass is 9.96. The number of rotatable bonds is 9. The van der Waals surface area contributed by atoms with Gasteiger partial charge in [0, 0.05) is 25.0 Å². The van der Waals surface area contributed by atoms with Gasteiger partial charge in [-0.25, -0.2) is 4.79 Å². The fourth-order valence-electron chi connectivity index (χ4n) is 2.78. The van der Waals surface area contributed by atoms with Crippen LogP contribution in [0.15, 0.2) is 12.3 Å². The number of nitrogens with zero attached hydrogens (tertiary/aromatic N) is 2. The molecular weight excluding hydrogens is 252 g/mol. The van der Waals surface area contributed by atoms with E-state index in [-0.39, 0.29) is 0 Å². The maximum atomic E-state index is 11.4. The van der Waals surface area contributed by atoms with Gasteiger partial charge >= 0.3 is 5.97 Å². The lowest BCUT2D eigenvalue weighted by Crippen LogP contribution is -2.27. The molecule has 0 aliphatic carbocycles. The Morgan fingerprint density at radius 1 is 1.25 bits per heavy atom. The van der Waals surface area contributed by atoms with Crippen LogP contribution < -0.4 is 0 Å². The van der Waals surface area contributed by atoms with Gasteiger partial charge < -0.3 is 14.6 Å². The van der Waals surface area contributed by atoms with Gasteiger partial charge in [0.05, 0.1) is 5.56 Å². The number of carbonyl (C=O) groups is 1. The molecule has 1 N–H and O–H groups in total. The van der Waals surface area contributed by atoms with Crippen LogP contribution in [0, 0.1) is 0 Å². The van der Waals surface area contributed by atoms with Crippen LogP contribution in [0.4, 0.5) is 0 Å². The van der Waals surface area contributed by atoms with E-state index in [1.165, 1.54) is 0 Å². The zero-order valence-electron chi connectivity index (χ0n) is 13.2. The molecule has 1 rings (SSSR count). The van der Waals surface area contributed by atoms with Crippen molar-refractivity contribution in [3.63, 3.8) is 0 Å². The second-order valence-corrected chi connectivity index (χ2v) is 5.15. The van der Waals surface area contributed by atoms with Crippen molar-refractivity contribution < 1.29 is 9.90 Å². The third-order valence-electron chi connectivity index (χ3n) is 4.16. The highest BCUT2D eigenvalue weighted by Crippen LogP contribution is 2.27. The Hall–Kier alpha value is -1.29. The van der Waals surface area contributed by atoms with E-state index < -0.39 is 5.97 Å². The molecule has 4 nitrogen and oxygen atoms in total. The van der Waals surface area contributed by atoms with E-state index in [2.05, 4.69) is 37.2 Å². The molecule has 1 heterocycles. The number of aromatic carboxylic acids is 1. The lowest BCUT2D eigenvalue weighted by molar-refractivity contribution is 0.0694. The number of aromatic nitrogens is 1. The summed E-state index contributed by atoms with van der Waals surface area (Å²) in [5, 5.41) is 9.36. The van der Waals surface area contributed by atoms with Crippen molar-refractivity contribution >= 4 is 5.97 Å². The van der Waals surface area contributed by atoms with Gasteiger partial charge in [-0.05, 0) is 37.9 Å². The molecule has 0 fully saturated rings. The molecule has 114 valence electrons. The highest BCUT2D eigenvalue weighted by atomic mass is 16.4. The Morgan fingerprint density at radius 2 is 1.85 bits per heavy atom. The number of carboxylic acids is 1. The summed E-state index contributed by atoms with van der Waals surface area (Å²) in [7, 11) is 0. The monoisotopic (exact) mass is 280 g/mol. The Balaban J connectivity index is 2.98. The van der Waals surface area contributed by atoms with Gasteiger partial charge in [-0.1, -0.05) is 27.7 Å². The maximum Gasteiger partial charge on any atom is 0.337 e. The number of hydrogen-bond acceptors (Lipinski definition) is 2. The summed E-state index contributed by atoms with van der Waals surface area (Å²) in [6.45, 7) is 12.5. The van der Waals surface area contributed by atoms with Gasteiger partial charge in [0.2, 0.25) is 0 Å². The average Bonchev–Trinajstić information content (AvgIpc) is 2.86. The van der Waals surface area contributed by atoms with Crippen molar-refractivity contribution in [2.75, 3.05) is 19.6 Å². The van der Waals surface area contributed by atoms with Gasteiger partial charge in [0.15, 0.2) is 0 Å². The molecule has 0 atom stereocenters. The standard InChI is InChI=1S/C16H28N2O2/c1-5-13(6-2)15-14(16(19)20)9-10-18(15)12-11-17(7-3)8-4/h9-10,13H,5-8,11-12H2,1-4H3,(H,19,20). The summed E-state index contributed by atoms with van der Waals surface area (Å²) in [4.78, 5) is 13.8. The molecule has 0 aliphatic rings.